The molecule has 0 spiro atoms. The van der Waals surface area contributed by atoms with E-state index in [9.17, 15) is 13.2 Å². The first-order chi connectivity index (χ1) is 11.0. The number of amides is 1. The molecule has 1 aliphatic rings. The summed E-state index contributed by atoms with van der Waals surface area (Å²) in [6.45, 7) is 4.27. The zero-order valence-corrected chi connectivity index (χ0v) is 13.7. The third-order valence-electron chi connectivity index (χ3n) is 4.28. The third-order valence-corrected chi connectivity index (χ3v) is 6.03. The minimum absolute atomic E-state index is 0.0546. The number of benzene rings is 1. The summed E-state index contributed by atoms with van der Waals surface area (Å²) in [6, 6.07) is 9.60. The fourth-order valence-electron chi connectivity index (χ4n) is 3.13. The number of rotatable bonds is 5. The van der Waals surface area contributed by atoms with Crippen LogP contribution in [-0.2, 0) is 21.2 Å². The lowest BCUT2D eigenvalue weighted by Gasteiger charge is -2.27. The number of aromatic nitrogens is 1. The molecule has 1 unspecified atom stereocenters. The van der Waals surface area contributed by atoms with Gasteiger partial charge >= 0.3 is 0 Å². The normalized spacial score (nSPS) is 19.7. The fourth-order valence-corrected chi connectivity index (χ4v) is 4.86. The smallest absolute Gasteiger partial charge is 0.243 e. The summed E-state index contributed by atoms with van der Waals surface area (Å²) in [6.07, 6.45) is 4.05. The van der Waals surface area contributed by atoms with Crippen LogP contribution in [0.5, 0.6) is 0 Å². The first kappa shape index (κ1) is 15.8. The van der Waals surface area contributed by atoms with E-state index < -0.39 is 9.84 Å². The lowest BCUT2D eigenvalue weighted by Crippen LogP contribution is -2.42. The number of para-hydroxylation sites is 1. The molecule has 0 N–H and O–H groups in total. The van der Waals surface area contributed by atoms with Gasteiger partial charge < -0.3 is 9.47 Å². The summed E-state index contributed by atoms with van der Waals surface area (Å²) in [4.78, 5) is 14.3. The quantitative estimate of drug-likeness (QED) is 0.785. The maximum atomic E-state index is 12.7. The largest absolute Gasteiger partial charge is 0.338 e. The summed E-state index contributed by atoms with van der Waals surface area (Å²) < 4.78 is 25.3. The molecule has 5 nitrogen and oxygen atoms in total. The highest BCUT2D eigenvalue weighted by Gasteiger charge is 2.34. The average Bonchev–Trinajstić information content (AvgIpc) is 3.08. The molecule has 1 aromatic heterocycles. The van der Waals surface area contributed by atoms with Crippen LogP contribution in [0.25, 0.3) is 10.9 Å². The van der Waals surface area contributed by atoms with Crippen LogP contribution in [0.1, 0.15) is 6.42 Å². The highest BCUT2D eigenvalue weighted by atomic mass is 32.2. The van der Waals surface area contributed by atoms with Crippen molar-refractivity contribution in [3.8, 4) is 0 Å². The Labute approximate surface area is 136 Å². The van der Waals surface area contributed by atoms with E-state index in [0.29, 0.717) is 13.0 Å². The van der Waals surface area contributed by atoms with Crippen LogP contribution >= 0.6 is 0 Å². The number of hydrogen-bond acceptors (Lipinski definition) is 3. The molecule has 1 atom stereocenters. The molecule has 1 fully saturated rings. The Hall–Kier alpha value is -2.08. The van der Waals surface area contributed by atoms with Crippen molar-refractivity contribution in [1.82, 2.24) is 9.47 Å². The van der Waals surface area contributed by atoms with Crippen LogP contribution in [0.3, 0.4) is 0 Å². The number of carbonyl (C=O) groups is 1. The summed E-state index contributed by atoms with van der Waals surface area (Å²) in [5, 5.41) is 1.08. The molecule has 2 aromatic rings. The predicted octanol–water partition coefficient (Wildman–Crippen LogP) is 1.84. The Balaban J connectivity index is 1.80. The Bertz CT molecular complexity index is 838. The van der Waals surface area contributed by atoms with Gasteiger partial charge in [0.05, 0.1) is 11.5 Å². The Kier molecular flexibility index (Phi) is 4.26. The highest BCUT2D eigenvalue weighted by molar-refractivity contribution is 7.91. The topological polar surface area (TPSA) is 59.4 Å². The van der Waals surface area contributed by atoms with Crippen molar-refractivity contribution in [2.45, 2.75) is 19.0 Å². The van der Waals surface area contributed by atoms with E-state index in [-0.39, 0.29) is 30.0 Å². The standard InChI is InChI=1S/C17H20N2O3S/c1-2-9-19(15-8-11-23(21,22)13-15)17(20)12-18-10-7-14-5-3-4-6-16(14)18/h2-7,10,15H,1,8-9,11-13H2. The van der Waals surface area contributed by atoms with Gasteiger partial charge in [0.1, 0.15) is 6.54 Å². The van der Waals surface area contributed by atoms with Crippen LogP contribution < -0.4 is 0 Å². The van der Waals surface area contributed by atoms with Crippen LogP contribution in [0.2, 0.25) is 0 Å². The number of sulfone groups is 1. The van der Waals surface area contributed by atoms with Gasteiger partial charge in [0, 0.05) is 24.3 Å². The lowest BCUT2D eigenvalue weighted by atomic mass is 10.2. The van der Waals surface area contributed by atoms with Crippen molar-refractivity contribution in [3.05, 3.63) is 49.2 Å². The van der Waals surface area contributed by atoms with Gasteiger partial charge in [0.2, 0.25) is 5.91 Å². The van der Waals surface area contributed by atoms with Gasteiger partial charge in [-0.3, -0.25) is 4.79 Å². The molecular weight excluding hydrogens is 312 g/mol. The summed E-state index contributed by atoms with van der Waals surface area (Å²) in [7, 11) is -3.02. The van der Waals surface area contributed by atoms with Crippen molar-refractivity contribution in [2.24, 2.45) is 0 Å². The molecule has 23 heavy (non-hydrogen) atoms. The third kappa shape index (κ3) is 3.32. The average molecular weight is 332 g/mol. The molecule has 1 aromatic carbocycles. The predicted molar refractivity (Wildman–Crippen MR) is 90.9 cm³/mol. The van der Waals surface area contributed by atoms with E-state index in [2.05, 4.69) is 6.58 Å². The fraction of sp³-hybridized carbons (Fsp3) is 0.353. The molecule has 0 bridgehead atoms. The zero-order valence-electron chi connectivity index (χ0n) is 12.9. The molecule has 0 aliphatic carbocycles. The van der Waals surface area contributed by atoms with Crippen molar-refractivity contribution in [3.63, 3.8) is 0 Å². The first-order valence-electron chi connectivity index (χ1n) is 7.65. The van der Waals surface area contributed by atoms with Crippen molar-refractivity contribution >= 4 is 26.6 Å². The van der Waals surface area contributed by atoms with Crippen LogP contribution in [-0.4, -0.2) is 47.9 Å². The Morgan fingerprint density at radius 1 is 1.35 bits per heavy atom. The maximum absolute atomic E-state index is 12.7. The second-order valence-electron chi connectivity index (χ2n) is 5.89. The molecule has 1 aliphatic heterocycles. The number of carbonyl (C=O) groups excluding carboxylic acids is 1. The number of fused-ring (bicyclic) bond motifs is 1. The SMILES string of the molecule is C=CCN(C(=O)Cn1ccc2ccccc21)C1CCS(=O)(=O)C1. The second-order valence-corrected chi connectivity index (χ2v) is 8.12. The van der Waals surface area contributed by atoms with Crippen molar-refractivity contribution in [2.75, 3.05) is 18.1 Å². The summed E-state index contributed by atoms with van der Waals surface area (Å²) >= 11 is 0. The minimum atomic E-state index is -3.02. The van der Waals surface area contributed by atoms with Gasteiger partial charge in [-0.1, -0.05) is 24.3 Å². The molecule has 0 radical (unpaired) electrons. The molecule has 1 amide bonds. The highest BCUT2D eigenvalue weighted by Crippen LogP contribution is 2.20. The number of hydrogen-bond donors (Lipinski definition) is 0. The van der Waals surface area contributed by atoms with E-state index in [1.54, 1.807) is 11.0 Å². The molecule has 2 heterocycles. The molecule has 6 heteroatoms. The Morgan fingerprint density at radius 3 is 2.83 bits per heavy atom. The van der Waals surface area contributed by atoms with Crippen molar-refractivity contribution < 1.29 is 13.2 Å². The van der Waals surface area contributed by atoms with Crippen LogP contribution in [0.15, 0.2) is 49.2 Å². The van der Waals surface area contributed by atoms with Crippen molar-refractivity contribution in [1.29, 1.82) is 0 Å². The second kappa shape index (κ2) is 6.20. The monoisotopic (exact) mass is 332 g/mol. The maximum Gasteiger partial charge on any atom is 0.243 e. The van der Waals surface area contributed by atoms with Gasteiger partial charge in [0.15, 0.2) is 9.84 Å². The molecule has 0 saturated carbocycles. The lowest BCUT2D eigenvalue weighted by molar-refractivity contribution is -0.133. The molecular formula is C17H20N2O3S. The minimum Gasteiger partial charge on any atom is -0.338 e. The van der Waals surface area contributed by atoms with Gasteiger partial charge in [-0.15, -0.1) is 6.58 Å². The van der Waals surface area contributed by atoms with Gasteiger partial charge in [-0.25, -0.2) is 8.42 Å². The first-order valence-corrected chi connectivity index (χ1v) is 9.47. The van der Waals surface area contributed by atoms with E-state index in [4.69, 9.17) is 0 Å². The van der Waals surface area contributed by atoms with Crippen LogP contribution in [0.4, 0.5) is 0 Å². The van der Waals surface area contributed by atoms with E-state index in [1.807, 2.05) is 41.1 Å². The van der Waals surface area contributed by atoms with Gasteiger partial charge in [-0.2, -0.15) is 0 Å². The van der Waals surface area contributed by atoms with Crippen LogP contribution in [0, 0.1) is 0 Å². The molecule has 122 valence electrons. The Morgan fingerprint density at radius 2 is 2.13 bits per heavy atom. The van der Waals surface area contributed by atoms with E-state index in [0.717, 1.165) is 10.9 Å². The van der Waals surface area contributed by atoms with E-state index >= 15 is 0 Å². The van der Waals surface area contributed by atoms with Gasteiger partial charge in [-0.05, 0) is 23.9 Å². The summed E-state index contributed by atoms with van der Waals surface area (Å²) in [5.41, 5.74) is 0.999. The molecule has 1 saturated heterocycles. The zero-order chi connectivity index (χ0) is 16.4. The van der Waals surface area contributed by atoms with E-state index in [1.165, 1.54) is 0 Å². The summed E-state index contributed by atoms with van der Waals surface area (Å²) in [5.74, 6) is 0.137. The number of nitrogens with zero attached hydrogens (tertiary/aromatic N) is 2. The van der Waals surface area contributed by atoms with Gasteiger partial charge in [0.25, 0.3) is 0 Å². The molecule has 3 rings (SSSR count).